The number of aliphatic carboxylic acids is 1. The molecule has 66 valence electrons. The molecule has 0 aromatic carbocycles. The van der Waals surface area contributed by atoms with E-state index in [0.717, 1.165) is 6.92 Å². The van der Waals surface area contributed by atoms with Gasteiger partial charge in [0.25, 0.3) is 5.97 Å². The highest BCUT2D eigenvalue weighted by atomic mass is 16.7. The fourth-order valence-corrected chi connectivity index (χ4v) is 0.475. The molecule has 0 radical (unpaired) electrons. The fraction of sp³-hybridized carbons (Fsp3) is 0.833. The summed E-state index contributed by atoms with van der Waals surface area (Å²) in [6.07, 6.45) is -0.686. The van der Waals surface area contributed by atoms with Crippen LogP contribution in [0.2, 0.25) is 0 Å². The Morgan fingerprint density at radius 1 is 1.55 bits per heavy atom. The van der Waals surface area contributed by atoms with Crippen molar-refractivity contribution in [3.8, 4) is 0 Å². The molecule has 0 bridgehead atoms. The minimum absolute atomic E-state index is 0.319. The predicted octanol–water partition coefficient (Wildman–Crippen LogP) is -0.558. The summed E-state index contributed by atoms with van der Waals surface area (Å²) in [5, 5.41) is 16.0. The van der Waals surface area contributed by atoms with Gasteiger partial charge < -0.3 is 19.7 Å². The van der Waals surface area contributed by atoms with Crippen molar-refractivity contribution >= 4 is 5.97 Å². The second kappa shape index (κ2) is 6.09. The van der Waals surface area contributed by atoms with E-state index in [1.165, 1.54) is 0 Å². The van der Waals surface area contributed by atoms with Gasteiger partial charge in [-0.2, -0.15) is 0 Å². The molecular formula is C6H12O5. The molecule has 1 fully saturated rings. The summed E-state index contributed by atoms with van der Waals surface area (Å²) in [4.78, 5) is 9.00. The van der Waals surface area contributed by atoms with Crippen LogP contribution in [0.25, 0.3) is 0 Å². The highest BCUT2D eigenvalue weighted by Gasteiger charge is 2.07. The molecule has 1 saturated heterocycles. The van der Waals surface area contributed by atoms with E-state index in [0.29, 0.717) is 19.8 Å². The van der Waals surface area contributed by atoms with Crippen LogP contribution in [-0.2, 0) is 14.3 Å². The molecule has 0 saturated carbocycles. The van der Waals surface area contributed by atoms with E-state index in [4.69, 9.17) is 24.5 Å². The number of rotatable bonds is 0. The van der Waals surface area contributed by atoms with Crippen molar-refractivity contribution in [1.29, 1.82) is 0 Å². The first-order valence-corrected chi connectivity index (χ1v) is 3.20. The summed E-state index contributed by atoms with van der Waals surface area (Å²) in [5.41, 5.74) is 0. The maximum absolute atomic E-state index is 9.00. The topological polar surface area (TPSA) is 76.0 Å². The van der Waals surface area contributed by atoms with Crippen LogP contribution >= 0.6 is 0 Å². The molecule has 1 rings (SSSR count). The lowest BCUT2D eigenvalue weighted by molar-refractivity contribution is -0.184. The molecule has 0 aromatic heterocycles. The summed E-state index contributed by atoms with van der Waals surface area (Å²) in [6.45, 7) is 2.53. The number of carboxylic acids is 1. The number of aliphatic hydroxyl groups is 1. The summed E-state index contributed by atoms with van der Waals surface area (Å²) < 4.78 is 9.52. The molecular weight excluding hydrogens is 152 g/mol. The number of carboxylic acid groups (broad SMARTS) is 1. The molecule has 1 heterocycles. The molecule has 5 heteroatoms. The minimum atomic E-state index is -0.833. The zero-order valence-corrected chi connectivity index (χ0v) is 6.32. The normalized spacial score (nSPS) is 23.3. The van der Waals surface area contributed by atoms with Crippen molar-refractivity contribution in [2.45, 2.75) is 13.2 Å². The fourth-order valence-electron chi connectivity index (χ4n) is 0.475. The van der Waals surface area contributed by atoms with Gasteiger partial charge in [0.05, 0.1) is 19.8 Å². The molecule has 5 nitrogen and oxygen atoms in total. The van der Waals surface area contributed by atoms with Gasteiger partial charge in [-0.1, -0.05) is 0 Å². The summed E-state index contributed by atoms with van der Waals surface area (Å²) in [7, 11) is 0. The van der Waals surface area contributed by atoms with Crippen LogP contribution < -0.4 is 0 Å². The largest absolute Gasteiger partial charge is 0.481 e. The van der Waals surface area contributed by atoms with Crippen molar-refractivity contribution < 1.29 is 24.5 Å². The van der Waals surface area contributed by atoms with Crippen molar-refractivity contribution in [2.75, 3.05) is 19.8 Å². The molecule has 1 aliphatic rings. The van der Waals surface area contributed by atoms with Crippen molar-refractivity contribution in [2.24, 2.45) is 0 Å². The first-order chi connectivity index (χ1) is 5.13. The van der Waals surface area contributed by atoms with E-state index < -0.39 is 12.3 Å². The standard InChI is InChI=1S/C4H8O3.C2H4O2/c5-4-3-6-1-2-7-4;1-2(3)4/h4-5H,1-3H2;1H3,(H,3,4). The lowest BCUT2D eigenvalue weighted by atomic mass is 10.6. The van der Waals surface area contributed by atoms with Crippen LogP contribution in [0, 0.1) is 0 Å². The first-order valence-electron chi connectivity index (χ1n) is 3.20. The van der Waals surface area contributed by atoms with Gasteiger partial charge in [0, 0.05) is 6.92 Å². The van der Waals surface area contributed by atoms with Gasteiger partial charge in [0.1, 0.15) is 0 Å². The molecule has 2 N–H and O–H groups in total. The number of ether oxygens (including phenoxy) is 2. The van der Waals surface area contributed by atoms with E-state index >= 15 is 0 Å². The molecule has 11 heavy (non-hydrogen) atoms. The molecule has 0 spiro atoms. The maximum Gasteiger partial charge on any atom is 0.300 e. The van der Waals surface area contributed by atoms with Crippen molar-refractivity contribution in [3.63, 3.8) is 0 Å². The monoisotopic (exact) mass is 164 g/mol. The van der Waals surface area contributed by atoms with E-state index in [1.807, 2.05) is 0 Å². The second-order valence-corrected chi connectivity index (χ2v) is 1.92. The predicted molar refractivity (Wildman–Crippen MR) is 36.1 cm³/mol. The highest BCUT2D eigenvalue weighted by Crippen LogP contribution is 1.94. The Hall–Kier alpha value is -0.650. The third-order valence-electron chi connectivity index (χ3n) is 0.798. The third-order valence-corrected chi connectivity index (χ3v) is 0.798. The minimum Gasteiger partial charge on any atom is -0.481 e. The maximum atomic E-state index is 9.00. The Morgan fingerprint density at radius 2 is 2.09 bits per heavy atom. The van der Waals surface area contributed by atoms with Gasteiger partial charge in [-0.3, -0.25) is 4.79 Å². The molecule has 0 amide bonds. The van der Waals surface area contributed by atoms with Gasteiger partial charge in [-0.05, 0) is 0 Å². The van der Waals surface area contributed by atoms with E-state index in [-0.39, 0.29) is 0 Å². The number of carbonyl (C=O) groups is 1. The van der Waals surface area contributed by atoms with E-state index in [9.17, 15) is 0 Å². The van der Waals surface area contributed by atoms with Gasteiger partial charge in [-0.25, -0.2) is 0 Å². The molecule has 1 atom stereocenters. The van der Waals surface area contributed by atoms with Crippen LogP contribution in [0.3, 0.4) is 0 Å². The Morgan fingerprint density at radius 3 is 2.27 bits per heavy atom. The van der Waals surface area contributed by atoms with Crippen LogP contribution in [0.4, 0.5) is 0 Å². The van der Waals surface area contributed by atoms with Crippen LogP contribution in [0.5, 0.6) is 0 Å². The van der Waals surface area contributed by atoms with Crippen LogP contribution in [0.1, 0.15) is 6.92 Å². The Bertz CT molecular complexity index is 104. The Kier molecular flexibility index (Phi) is 5.73. The van der Waals surface area contributed by atoms with Gasteiger partial charge in [0.15, 0.2) is 6.29 Å². The third kappa shape index (κ3) is 9.35. The van der Waals surface area contributed by atoms with Crippen LogP contribution in [0.15, 0.2) is 0 Å². The number of hydrogen-bond acceptors (Lipinski definition) is 4. The average molecular weight is 164 g/mol. The molecule has 1 unspecified atom stereocenters. The molecule has 0 aromatic rings. The lowest BCUT2D eigenvalue weighted by Gasteiger charge is -2.16. The van der Waals surface area contributed by atoms with Crippen molar-refractivity contribution in [3.05, 3.63) is 0 Å². The van der Waals surface area contributed by atoms with Crippen molar-refractivity contribution in [1.82, 2.24) is 0 Å². The summed E-state index contributed by atoms with van der Waals surface area (Å²) >= 11 is 0. The second-order valence-electron chi connectivity index (χ2n) is 1.92. The molecule has 1 aliphatic heterocycles. The molecule has 0 aliphatic carbocycles. The Labute approximate surface area is 64.5 Å². The Balaban J connectivity index is 0.000000218. The zero-order valence-electron chi connectivity index (χ0n) is 6.32. The van der Waals surface area contributed by atoms with Gasteiger partial charge in [0.2, 0.25) is 0 Å². The first kappa shape index (κ1) is 10.3. The average Bonchev–Trinajstić information content (AvgIpc) is 1.87. The SMILES string of the molecule is CC(=O)O.OC1COCCO1. The quantitative estimate of drug-likeness (QED) is 0.502. The van der Waals surface area contributed by atoms with E-state index in [1.54, 1.807) is 0 Å². The number of hydrogen-bond donors (Lipinski definition) is 2. The lowest BCUT2D eigenvalue weighted by Crippen LogP contribution is -2.27. The highest BCUT2D eigenvalue weighted by molar-refractivity contribution is 5.62. The van der Waals surface area contributed by atoms with Gasteiger partial charge in [-0.15, -0.1) is 0 Å². The smallest absolute Gasteiger partial charge is 0.300 e. The van der Waals surface area contributed by atoms with Gasteiger partial charge >= 0.3 is 0 Å². The van der Waals surface area contributed by atoms with E-state index in [2.05, 4.69) is 0 Å². The zero-order chi connectivity index (χ0) is 8.69. The number of aliphatic hydroxyl groups excluding tert-OH is 1. The summed E-state index contributed by atoms with van der Waals surface area (Å²) in [6, 6.07) is 0. The van der Waals surface area contributed by atoms with Crippen LogP contribution in [-0.4, -0.2) is 42.3 Å². The summed E-state index contributed by atoms with van der Waals surface area (Å²) in [5.74, 6) is -0.833.